The molecule has 32 heavy (non-hydrogen) atoms. The third kappa shape index (κ3) is 4.80. The van der Waals surface area contributed by atoms with Gasteiger partial charge < -0.3 is 19.9 Å². The maximum absolute atomic E-state index is 13.1. The Morgan fingerprint density at radius 1 is 1.00 bits per heavy atom. The van der Waals surface area contributed by atoms with E-state index in [0.717, 1.165) is 22.6 Å². The number of sulfonamides is 1. The van der Waals surface area contributed by atoms with Gasteiger partial charge in [-0.2, -0.15) is 4.31 Å². The van der Waals surface area contributed by atoms with Crippen LogP contribution in [0.3, 0.4) is 0 Å². The predicted molar refractivity (Wildman–Crippen MR) is 122 cm³/mol. The number of hydrogen-bond acceptors (Lipinski definition) is 6. The van der Waals surface area contributed by atoms with Crippen molar-refractivity contribution in [1.82, 2.24) is 14.1 Å². The fourth-order valence-corrected chi connectivity index (χ4v) is 6.53. The van der Waals surface area contributed by atoms with Gasteiger partial charge in [-0.1, -0.05) is 12.1 Å². The minimum absolute atomic E-state index is 0.0500. The number of carbonyl (C=O) groups is 2. The lowest BCUT2D eigenvalue weighted by Crippen LogP contribution is -2.51. The minimum Gasteiger partial charge on any atom is -0.379 e. The minimum atomic E-state index is -3.75. The number of benzene rings is 1. The van der Waals surface area contributed by atoms with Crippen LogP contribution in [0.1, 0.15) is 15.2 Å². The second-order valence-electron chi connectivity index (χ2n) is 7.71. The van der Waals surface area contributed by atoms with Crippen LogP contribution in [0.4, 0.5) is 10.5 Å². The molecule has 0 aliphatic carbocycles. The number of anilines is 1. The summed E-state index contributed by atoms with van der Waals surface area (Å²) in [6, 6.07) is 8.84. The molecule has 2 saturated heterocycles. The summed E-state index contributed by atoms with van der Waals surface area (Å²) >= 11 is 1.13. The van der Waals surface area contributed by atoms with Crippen molar-refractivity contribution in [3.8, 4) is 0 Å². The van der Waals surface area contributed by atoms with Gasteiger partial charge in [0.2, 0.25) is 10.0 Å². The molecule has 0 spiro atoms. The molecule has 0 unspecified atom stereocenters. The number of nitrogens with zero attached hydrogens (tertiary/aromatic N) is 3. The van der Waals surface area contributed by atoms with Crippen LogP contribution in [-0.2, 0) is 14.8 Å². The maximum atomic E-state index is 13.1. The van der Waals surface area contributed by atoms with Crippen molar-refractivity contribution in [2.75, 3.05) is 57.8 Å². The van der Waals surface area contributed by atoms with E-state index in [-0.39, 0.29) is 34.8 Å². The van der Waals surface area contributed by atoms with E-state index in [2.05, 4.69) is 5.32 Å². The summed E-state index contributed by atoms with van der Waals surface area (Å²) in [6.07, 6.45) is 0. The molecule has 3 amide bonds. The molecule has 1 N–H and O–H groups in total. The van der Waals surface area contributed by atoms with Gasteiger partial charge in [0.1, 0.15) is 9.77 Å². The Morgan fingerprint density at radius 3 is 2.38 bits per heavy atom. The number of morpholine rings is 1. The number of rotatable bonds is 4. The number of nitrogens with one attached hydrogen (secondary N) is 1. The smallest absolute Gasteiger partial charge is 0.321 e. The quantitative estimate of drug-likeness (QED) is 0.725. The molecule has 0 atom stereocenters. The zero-order valence-electron chi connectivity index (χ0n) is 17.8. The molecular weight excluding hydrogens is 452 g/mol. The number of thiophene rings is 1. The van der Waals surface area contributed by atoms with Crippen molar-refractivity contribution in [2.45, 2.75) is 11.8 Å². The summed E-state index contributed by atoms with van der Waals surface area (Å²) in [5, 5.41) is 4.51. The number of aryl methyl sites for hydroxylation is 1. The standard InChI is InChI=1S/C21H26N4O5S2/c1-16-3-2-4-17(15-16)22-21(27)24-8-6-23(7-9-24)20(26)19-18(5-14-31-19)32(28,29)25-10-12-30-13-11-25/h2-5,14-15H,6-13H2,1H3,(H,22,27). The van der Waals surface area contributed by atoms with Crippen LogP contribution in [0, 0.1) is 6.92 Å². The highest BCUT2D eigenvalue weighted by Gasteiger charge is 2.34. The molecule has 2 aromatic rings. The molecule has 0 saturated carbocycles. The van der Waals surface area contributed by atoms with E-state index in [1.54, 1.807) is 15.2 Å². The average molecular weight is 479 g/mol. The molecule has 2 aliphatic heterocycles. The van der Waals surface area contributed by atoms with Gasteiger partial charge in [-0.25, -0.2) is 13.2 Å². The van der Waals surface area contributed by atoms with E-state index < -0.39 is 10.0 Å². The Bertz CT molecular complexity index is 1090. The van der Waals surface area contributed by atoms with Gasteiger partial charge in [0.15, 0.2) is 0 Å². The SMILES string of the molecule is Cc1cccc(NC(=O)N2CCN(C(=O)c3sccc3S(=O)(=O)N3CCOCC3)CC2)c1. The van der Waals surface area contributed by atoms with Crippen LogP contribution in [0.5, 0.6) is 0 Å². The van der Waals surface area contributed by atoms with Crippen LogP contribution < -0.4 is 5.32 Å². The van der Waals surface area contributed by atoms with E-state index in [1.807, 2.05) is 31.2 Å². The van der Waals surface area contributed by atoms with Gasteiger partial charge in [0.25, 0.3) is 5.91 Å². The van der Waals surface area contributed by atoms with Crippen molar-refractivity contribution >= 4 is 39.0 Å². The number of piperazine rings is 1. The third-order valence-electron chi connectivity index (χ3n) is 5.53. The Hall–Kier alpha value is -2.47. The van der Waals surface area contributed by atoms with Gasteiger partial charge in [0.05, 0.1) is 13.2 Å². The molecule has 3 heterocycles. The topological polar surface area (TPSA) is 99.3 Å². The van der Waals surface area contributed by atoms with Crippen molar-refractivity contribution in [1.29, 1.82) is 0 Å². The molecule has 4 rings (SSSR count). The van der Waals surface area contributed by atoms with Gasteiger partial charge in [-0.3, -0.25) is 4.79 Å². The van der Waals surface area contributed by atoms with E-state index in [4.69, 9.17) is 4.74 Å². The molecule has 0 bridgehead atoms. The first-order valence-corrected chi connectivity index (χ1v) is 12.8. The molecule has 2 aliphatic rings. The van der Waals surface area contributed by atoms with E-state index in [0.29, 0.717) is 39.4 Å². The van der Waals surface area contributed by atoms with Crippen LogP contribution in [0.2, 0.25) is 0 Å². The third-order valence-corrected chi connectivity index (χ3v) is 8.51. The largest absolute Gasteiger partial charge is 0.379 e. The molecule has 1 aromatic heterocycles. The Kier molecular flexibility index (Phi) is 6.79. The zero-order valence-corrected chi connectivity index (χ0v) is 19.5. The molecule has 9 nitrogen and oxygen atoms in total. The van der Waals surface area contributed by atoms with Gasteiger partial charge >= 0.3 is 6.03 Å². The second-order valence-corrected chi connectivity index (χ2v) is 10.5. The molecule has 2 fully saturated rings. The van der Waals surface area contributed by atoms with Crippen molar-refractivity contribution in [3.63, 3.8) is 0 Å². The van der Waals surface area contributed by atoms with Crippen LogP contribution >= 0.6 is 11.3 Å². The lowest BCUT2D eigenvalue weighted by Gasteiger charge is -2.34. The summed E-state index contributed by atoms with van der Waals surface area (Å²) in [4.78, 5) is 29.2. The number of ether oxygens (including phenoxy) is 1. The zero-order chi connectivity index (χ0) is 22.7. The van der Waals surface area contributed by atoms with Crippen molar-refractivity contribution in [2.24, 2.45) is 0 Å². The van der Waals surface area contributed by atoms with Crippen LogP contribution in [0.15, 0.2) is 40.6 Å². The predicted octanol–water partition coefficient (Wildman–Crippen LogP) is 2.07. The first kappa shape index (κ1) is 22.7. The summed E-state index contributed by atoms with van der Waals surface area (Å²) in [7, 11) is -3.75. The van der Waals surface area contributed by atoms with Crippen LogP contribution in [-0.4, -0.2) is 86.9 Å². The molecule has 172 valence electrons. The van der Waals surface area contributed by atoms with Crippen molar-refractivity contribution in [3.05, 3.63) is 46.2 Å². The first-order valence-electron chi connectivity index (χ1n) is 10.4. The molecule has 0 radical (unpaired) electrons. The highest BCUT2D eigenvalue weighted by Crippen LogP contribution is 2.27. The summed E-state index contributed by atoms with van der Waals surface area (Å²) in [5.74, 6) is -0.314. The fraction of sp³-hybridized carbons (Fsp3) is 0.429. The second kappa shape index (κ2) is 9.57. The van der Waals surface area contributed by atoms with Crippen molar-refractivity contribution < 1.29 is 22.7 Å². The Morgan fingerprint density at radius 2 is 1.69 bits per heavy atom. The van der Waals surface area contributed by atoms with Crippen LogP contribution in [0.25, 0.3) is 0 Å². The lowest BCUT2D eigenvalue weighted by atomic mass is 10.2. The summed E-state index contributed by atoms with van der Waals surface area (Å²) in [5.41, 5.74) is 1.78. The lowest BCUT2D eigenvalue weighted by molar-refractivity contribution is 0.0670. The van der Waals surface area contributed by atoms with E-state index in [9.17, 15) is 18.0 Å². The molecule has 11 heteroatoms. The number of amides is 3. The van der Waals surface area contributed by atoms with E-state index in [1.165, 1.54) is 10.4 Å². The van der Waals surface area contributed by atoms with Gasteiger partial charge in [0, 0.05) is 45.0 Å². The average Bonchev–Trinajstić information content (AvgIpc) is 3.30. The molecule has 1 aromatic carbocycles. The highest BCUT2D eigenvalue weighted by molar-refractivity contribution is 7.89. The number of hydrogen-bond donors (Lipinski definition) is 1. The summed E-state index contributed by atoms with van der Waals surface area (Å²) in [6.45, 7) is 4.64. The Balaban J connectivity index is 1.39. The van der Waals surface area contributed by atoms with Gasteiger partial charge in [-0.05, 0) is 36.1 Å². The maximum Gasteiger partial charge on any atom is 0.321 e. The first-order chi connectivity index (χ1) is 15.4. The highest BCUT2D eigenvalue weighted by atomic mass is 32.2. The van der Waals surface area contributed by atoms with Gasteiger partial charge in [-0.15, -0.1) is 11.3 Å². The number of urea groups is 1. The number of carbonyl (C=O) groups excluding carboxylic acids is 2. The van der Waals surface area contributed by atoms with E-state index >= 15 is 0 Å². The normalized spacial score (nSPS) is 17.9. The summed E-state index contributed by atoms with van der Waals surface area (Å²) < 4.78 is 32.7. The monoisotopic (exact) mass is 478 g/mol. The molecular formula is C21H26N4O5S2. The Labute approximate surface area is 191 Å². The fourth-order valence-electron chi connectivity index (χ4n) is 3.76.